The Bertz CT molecular complexity index is 116. The van der Waals surface area contributed by atoms with Gasteiger partial charge in [0.15, 0.2) is 0 Å². The summed E-state index contributed by atoms with van der Waals surface area (Å²) in [5.41, 5.74) is 0. The van der Waals surface area contributed by atoms with Gasteiger partial charge in [-0.15, -0.1) is 0 Å². The van der Waals surface area contributed by atoms with Crippen LogP contribution in [0.5, 0.6) is 0 Å². The molecule has 1 aliphatic heterocycles. The van der Waals surface area contributed by atoms with E-state index in [9.17, 15) is 5.11 Å². The smallest absolute Gasteiger partial charge is 0.0900 e. The standard InChI is InChI=1S/C8H18N2O2/c1-12-7-8(11)6-10-4-2-9-3-5-10/h8-9,11H,2-7H2,1H3. The summed E-state index contributed by atoms with van der Waals surface area (Å²) in [5, 5.41) is 12.7. The lowest BCUT2D eigenvalue weighted by atomic mass is 10.3. The third-order valence-corrected chi connectivity index (χ3v) is 2.04. The van der Waals surface area contributed by atoms with Crippen molar-refractivity contribution < 1.29 is 9.84 Å². The SMILES string of the molecule is COCC(O)CN1CCNCC1. The minimum absolute atomic E-state index is 0.340. The zero-order chi connectivity index (χ0) is 8.81. The van der Waals surface area contributed by atoms with Crippen LogP contribution in [-0.2, 0) is 4.74 Å². The number of nitrogens with one attached hydrogen (secondary N) is 1. The van der Waals surface area contributed by atoms with Crippen molar-refractivity contribution in [3.05, 3.63) is 0 Å². The molecule has 0 amide bonds. The Kier molecular flexibility index (Phi) is 4.53. The largest absolute Gasteiger partial charge is 0.389 e. The third kappa shape index (κ3) is 3.49. The third-order valence-electron chi connectivity index (χ3n) is 2.04. The summed E-state index contributed by atoms with van der Waals surface area (Å²) in [6, 6.07) is 0. The van der Waals surface area contributed by atoms with E-state index in [2.05, 4.69) is 10.2 Å². The van der Waals surface area contributed by atoms with Crippen LogP contribution in [0.25, 0.3) is 0 Å². The van der Waals surface area contributed by atoms with Gasteiger partial charge in [-0.1, -0.05) is 0 Å². The fourth-order valence-corrected chi connectivity index (χ4v) is 1.44. The van der Waals surface area contributed by atoms with Crippen LogP contribution in [0, 0.1) is 0 Å². The van der Waals surface area contributed by atoms with Crippen molar-refractivity contribution in [2.45, 2.75) is 6.10 Å². The molecule has 0 bridgehead atoms. The molecule has 0 aromatic rings. The van der Waals surface area contributed by atoms with E-state index >= 15 is 0 Å². The summed E-state index contributed by atoms with van der Waals surface area (Å²) < 4.78 is 4.85. The van der Waals surface area contributed by atoms with Crippen molar-refractivity contribution in [1.82, 2.24) is 10.2 Å². The van der Waals surface area contributed by atoms with E-state index in [0.29, 0.717) is 6.61 Å². The van der Waals surface area contributed by atoms with Crippen molar-refractivity contribution in [2.75, 3.05) is 46.4 Å². The summed E-state index contributed by atoms with van der Waals surface area (Å²) in [4.78, 5) is 2.25. The highest BCUT2D eigenvalue weighted by Gasteiger charge is 2.13. The van der Waals surface area contributed by atoms with Crippen LogP contribution in [0.15, 0.2) is 0 Å². The van der Waals surface area contributed by atoms with E-state index in [0.717, 1.165) is 32.7 Å². The molecule has 0 spiro atoms. The Morgan fingerprint density at radius 1 is 1.50 bits per heavy atom. The van der Waals surface area contributed by atoms with Gasteiger partial charge in [-0.3, -0.25) is 4.90 Å². The molecule has 12 heavy (non-hydrogen) atoms. The lowest BCUT2D eigenvalue weighted by molar-refractivity contribution is 0.0351. The molecule has 1 rings (SSSR count). The highest BCUT2D eigenvalue weighted by Crippen LogP contribution is 1.95. The van der Waals surface area contributed by atoms with Crippen LogP contribution >= 0.6 is 0 Å². The lowest BCUT2D eigenvalue weighted by Crippen LogP contribution is -2.46. The first kappa shape index (κ1) is 9.92. The van der Waals surface area contributed by atoms with E-state index < -0.39 is 0 Å². The number of β-amino-alcohol motifs (C(OH)–C–C–N with tert-alkyl or cyclic N) is 1. The molecule has 2 N–H and O–H groups in total. The Labute approximate surface area is 73.5 Å². The van der Waals surface area contributed by atoms with Gasteiger partial charge in [-0.2, -0.15) is 0 Å². The summed E-state index contributed by atoms with van der Waals surface area (Å²) in [6.45, 7) is 5.28. The normalized spacial score (nSPS) is 22.5. The zero-order valence-corrected chi connectivity index (χ0v) is 7.62. The highest BCUT2D eigenvalue weighted by atomic mass is 16.5. The number of aliphatic hydroxyl groups excluding tert-OH is 1. The molecule has 1 atom stereocenters. The van der Waals surface area contributed by atoms with Crippen LogP contribution in [0.3, 0.4) is 0 Å². The number of rotatable bonds is 4. The predicted molar refractivity (Wildman–Crippen MR) is 47.2 cm³/mol. The maximum Gasteiger partial charge on any atom is 0.0900 e. The second-order valence-electron chi connectivity index (χ2n) is 3.16. The summed E-state index contributed by atoms with van der Waals surface area (Å²) in [5.74, 6) is 0. The fourth-order valence-electron chi connectivity index (χ4n) is 1.44. The molecule has 1 heterocycles. The first-order valence-corrected chi connectivity index (χ1v) is 4.43. The average Bonchev–Trinajstić information content (AvgIpc) is 2.06. The maximum absolute atomic E-state index is 9.41. The minimum Gasteiger partial charge on any atom is -0.389 e. The summed E-state index contributed by atoms with van der Waals surface area (Å²) in [7, 11) is 1.61. The van der Waals surface area contributed by atoms with E-state index in [1.807, 2.05) is 0 Å². The topological polar surface area (TPSA) is 44.7 Å². The van der Waals surface area contributed by atoms with E-state index in [-0.39, 0.29) is 6.10 Å². The van der Waals surface area contributed by atoms with Crippen LogP contribution in [0.2, 0.25) is 0 Å². The lowest BCUT2D eigenvalue weighted by Gasteiger charge is -2.28. The average molecular weight is 174 g/mol. The molecule has 0 aromatic carbocycles. The van der Waals surface area contributed by atoms with Crippen LogP contribution in [-0.4, -0.2) is 62.6 Å². The molecule has 0 radical (unpaired) electrons. The Hall–Kier alpha value is -0.160. The number of nitrogens with zero attached hydrogens (tertiary/aromatic N) is 1. The second-order valence-corrected chi connectivity index (χ2v) is 3.16. The molecular formula is C8H18N2O2. The molecule has 1 fully saturated rings. The molecule has 1 saturated heterocycles. The van der Waals surface area contributed by atoms with Gasteiger partial charge in [0.25, 0.3) is 0 Å². The Morgan fingerprint density at radius 3 is 2.75 bits per heavy atom. The number of ether oxygens (including phenoxy) is 1. The molecule has 0 aromatic heterocycles. The second kappa shape index (κ2) is 5.48. The first-order chi connectivity index (χ1) is 5.83. The molecule has 4 nitrogen and oxygen atoms in total. The molecule has 0 saturated carbocycles. The van der Waals surface area contributed by atoms with Gasteiger partial charge >= 0.3 is 0 Å². The monoisotopic (exact) mass is 174 g/mol. The van der Waals surface area contributed by atoms with Gasteiger partial charge in [-0.25, -0.2) is 0 Å². The number of hydrogen-bond acceptors (Lipinski definition) is 4. The van der Waals surface area contributed by atoms with E-state index in [1.165, 1.54) is 0 Å². The molecular weight excluding hydrogens is 156 g/mol. The van der Waals surface area contributed by atoms with Crippen molar-refractivity contribution >= 4 is 0 Å². The van der Waals surface area contributed by atoms with Gasteiger partial charge in [-0.05, 0) is 0 Å². The Morgan fingerprint density at radius 2 is 2.17 bits per heavy atom. The highest BCUT2D eigenvalue weighted by molar-refractivity contribution is 4.70. The molecule has 1 unspecified atom stereocenters. The predicted octanol–water partition coefficient (Wildman–Crippen LogP) is -1.10. The first-order valence-electron chi connectivity index (χ1n) is 4.43. The van der Waals surface area contributed by atoms with Gasteiger partial charge in [0.2, 0.25) is 0 Å². The number of aliphatic hydroxyl groups is 1. The van der Waals surface area contributed by atoms with E-state index in [1.54, 1.807) is 7.11 Å². The van der Waals surface area contributed by atoms with Crippen molar-refractivity contribution in [3.8, 4) is 0 Å². The quantitative estimate of drug-likeness (QED) is 0.568. The number of methoxy groups -OCH3 is 1. The maximum atomic E-state index is 9.41. The molecule has 72 valence electrons. The van der Waals surface area contributed by atoms with Gasteiger partial charge < -0.3 is 15.2 Å². The summed E-state index contributed by atoms with van der Waals surface area (Å²) >= 11 is 0. The molecule has 1 aliphatic rings. The van der Waals surface area contributed by atoms with E-state index in [4.69, 9.17) is 4.74 Å². The number of piperazine rings is 1. The van der Waals surface area contributed by atoms with Gasteiger partial charge in [0.1, 0.15) is 0 Å². The van der Waals surface area contributed by atoms with Crippen LogP contribution < -0.4 is 5.32 Å². The minimum atomic E-state index is -0.340. The fraction of sp³-hybridized carbons (Fsp3) is 1.00. The van der Waals surface area contributed by atoms with Crippen molar-refractivity contribution in [3.63, 3.8) is 0 Å². The summed E-state index contributed by atoms with van der Waals surface area (Å²) in [6.07, 6.45) is -0.340. The Balaban J connectivity index is 2.11. The molecule has 0 aliphatic carbocycles. The van der Waals surface area contributed by atoms with Crippen LogP contribution in [0.1, 0.15) is 0 Å². The van der Waals surface area contributed by atoms with Crippen molar-refractivity contribution in [1.29, 1.82) is 0 Å². The zero-order valence-electron chi connectivity index (χ0n) is 7.62. The number of hydrogen-bond donors (Lipinski definition) is 2. The van der Waals surface area contributed by atoms with Gasteiger partial charge in [0, 0.05) is 39.8 Å². The molecule has 4 heteroatoms. The van der Waals surface area contributed by atoms with Gasteiger partial charge in [0.05, 0.1) is 12.7 Å². The van der Waals surface area contributed by atoms with Crippen LogP contribution in [0.4, 0.5) is 0 Å². The van der Waals surface area contributed by atoms with Crippen molar-refractivity contribution in [2.24, 2.45) is 0 Å².